The van der Waals surface area contributed by atoms with Gasteiger partial charge in [-0.1, -0.05) is 218 Å². The lowest BCUT2D eigenvalue weighted by Crippen LogP contribution is -2.57. The third kappa shape index (κ3) is 7.45. The van der Waals surface area contributed by atoms with E-state index in [9.17, 15) is 0 Å². The molecule has 0 unspecified atom stereocenters. The highest BCUT2D eigenvalue weighted by atomic mass is 32.1. The molecule has 1 aliphatic carbocycles. The van der Waals surface area contributed by atoms with Crippen LogP contribution in [0.3, 0.4) is 0 Å². The maximum atomic E-state index is 2.83. The second kappa shape index (κ2) is 17.2. The summed E-state index contributed by atoms with van der Waals surface area (Å²) in [5.41, 5.74) is 27.9. The molecule has 5 heteroatoms. The van der Waals surface area contributed by atoms with Gasteiger partial charge in [0.05, 0.1) is 21.6 Å². The van der Waals surface area contributed by atoms with E-state index in [1.807, 2.05) is 11.3 Å². The standard InChI is InChI=1S/C75H72BN3S/c1-71(2,3)46-28-34-50(35-29-46)77(51-36-30-47(31-37-51)72(4,5)6)60-41-38-54-64-66-56(52-24-18-20-26-57(52)75(66,13)14)44-62-67(64)76(79-68(54)65(60)70-69(79)53-25-19-21-27-63(53)80-70)58-39-32-49(74(10,11)12)43-61(58)78(62)59-40-33-48(73(7,8)9)42-55(59)45-22-16-15-17-23-45/h15-44H,1-14H3. The predicted molar refractivity (Wildman–Crippen MR) is 348 cm³/mol. The van der Waals surface area contributed by atoms with Crippen LogP contribution >= 0.6 is 11.3 Å². The van der Waals surface area contributed by atoms with Crippen LogP contribution in [0.25, 0.3) is 64.6 Å². The van der Waals surface area contributed by atoms with Crippen LogP contribution < -0.4 is 20.7 Å². The van der Waals surface area contributed by atoms with Gasteiger partial charge < -0.3 is 14.3 Å². The van der Waals surface area contributed by atoms with E-state index in [0.29, 0.717) is 0 Å². The number of nitrogens with zero attached hydrogens (tertiary/aromatic N) is 3. The molecule has 2 aliphatic heterocycles. The Morgan fingerprint density at radius 3 is 1.69 bits per heavy atom. The van der Waals surface area contributed by atoms with Gasteiger partial charge >= 0.3 is 6.85 Å². The summed E-state index contributed by atoms with van der Waals surface area (Å²) in [6.45, 7) is 32.8. The van der Waals surface area contributed by atoms with Gasteiger partial charge in [-0.05, 0) is 149 Å². The van der Waals surface area contributed by atoms with Crippen LogP contribution in [0.15, 0.2) is 182 Å². The Bertz CT molecular complexity index is 4290. The zero-order valence-corrected chi connectivity index (χ0v) is 50.0. The Kier molecular flexibility index (Phi) is 10.9. The minimum Gasteiger partial charge on any atom is -0.374 e. The number of benzene rings is 9. The molecule has 4 heterocycles. The second-order valence-electron chi connectivity index (χ2n) is 27.8. The largest absolute Gasteiger partial charge is 0.374 e. The number of anilines is 6. The van der Waals surface area contributed by atoms with Crippen LogP contribution in [0, 0.1) is 0 Å². The minimum absolute atomic E-state index is 0.0164. The molecule has 2 aromatic heterocycles. The van der Waals surface area contributed by atoms with E-state index in [-0.39, 0.29) is 33.9 Å². The van der Waals surface area contributed by atoms with Crippen molar-refractivity contribution >= 4 is 94.4 Å². The van der Waals surface area contributed by atoms with Gasteiger partial charge in [-0.3, -0.25) is 0 Å². The average molecular weight is 1060 g/mol. The normalized spacial score (nSPS) is 14.4. The molecule has 0 atom stereocenters. The third-order valence-corrected chi connectivity index (χ3v) is 19.4. The molecule has 0 spiro atoms. The summed E-state index contributed by atoms with van der Waals surface area (Å²) in [5, 5.41) is 2.60. The highest BCUT2D eigenvalue weighted by Gasteiger charge is 2.49. The first-order valence-corrected chi connectivity index (χ1v) is 29.8. The van der Waals surface area contributed by atoms with Crippen molar-refractivity contribution in [3.8, 4) is 33.4 Å². The Labute approximate surface area is 478 Å². The maximum absolute atomic E-state index is 2.83. The van der Waals surface area contributed by atoms with Gasteiger partial charge in [-0.2, -0.15) is 0 Å². The summed E-state index contributed by atoms with van der Waals surface area (Å²) in [6.07, 6.45) is 0. The van der Waals surface area contributed by atoms with Crippen molar-refractivity contribution in [1.82, 2.24) is 4.48 Å². The molecule has 9 aromatic carbocycles. The summed E-state index contributed by atoms with van der Waals surface area (Å²) >= 11 is 1.96. The Hall–Kier alpha value is -7.60. The fraction of sp³-hybridized carbons (Fsp3) is 0.253. The molecule has 0 N–H and O–H groups in total. The SMILES string of the molecule is CC(C)(C)c1ccc(N(c2ccc(C(C)(C)C)cc2)c2ccc3c4c2c2sc5ccccc5c2n4B2c4ccc(C(C)(C)C)cc4N(c4ccc(C(C)(C)C)cc4-c4ccccc4)c4cc5c(c-3c42)C(C)(C)c2ccccc2-5)cc1. The maximum Gasteiger partial charge on any atom is 0.333 e. The molecule has 0 bridgehead atoms. The van der Waals surface area contributed by atoms with Crippen molar-refractivity contribution in [3.63, 3.8) is 0 Å². The quantitative estimate of drug-likeness (QED) is 0.159. The zero-order valence-electron chi connectivity index (χ0n) is 49.1. The first-order chi connectivity index (χ1) is 38.0. The number of aromatic nitrogens is 1. The van der Waals surface area contributed by atoms with Gasteiger partial charge in [0, 0.05) is 60.3 Å². The van der Waals surface area contributed by atoms with Crippen LogP contribution in [-0.2, 0) is 27.1 Å². The third-order valence-electron chi connectivity index (χ3n) is 18.2. The number of hydrogen-bond donors (Lipinski definition) is 0. The predicted octanol–water partition coefficient (Wildman–Crippen LogP) is 20.1. The number of thiophene rings is 1. The van der Waals surface area contributed by atoms with Crippen molar-refractivity contribution in [3.05, 3.63) is 215 Å². The van der Waals surface area contributed by atoms with E-state index < -0.39 is 0 Å². The van der Waals surface area contributed by atoms with E-state index in [1.165, 1.54) is 132 Å². The van der Waals surface area contributed by atoms with Gasteiger partial charge in [-0.15, -0.1) is 11.3 Å². The van der Waals surface area contributed by atoms with Crippen LogP contribution in [0.1, 0.15) is 130 Å². The lowest BCUT2D eigenvalue weighted by molar-refractivity contribution is 0.590. The molecule has 0 saturated carbocycles. The average Bonchev–Trinajstić information content (AvgIpc) is 4.18. The van der Waals surface area contributed by atoms with Crippen molar-refractivity contribution in [1.29, 1.82) is 0 Å². The molecule has 3 nitrogen and oxygen atoms in total. The lowest BCUT2D eigenvalue weighted by atomic mass is 9.44. The summed E-state index contributed by atoms with van der Waals surface area (Å²) in [7, 11) is 0. The summed E-state index contributed by atoms with van der Waals surface area (Å²) in [5.74, 6) is 0. The second-order valence-corrected chi connectivity index (χ2v) is 28.9. The summed E-state index contributed by atoms with van der Waals surface area (Å²) < 4.78 is 5.46. The molecule has 0 fully saturated rings. The lowest BCUT2D eigenvalue weighted by Gasteiger charge is -2.43. The monoisotopic (exact) mass is 1060 g/mol. The van der Waals surface area contributed by atoms with Crippen molar-refractivity contribution in [2.24, 2.45) is 0 Å². The topological polar surface area (TPSA) is 11.4 Å². The number of fused-ring (bicyclic) bond motifs is 13. The van der Waals surface area contributed by atoms with Crippen LogP contribution in [0.4, 0.5) is 34.1 Å². The van der Waals surface area contributed by atoms with E-state index in [1.54, 1.807) is 0 Å². The van der Waals surface area contributed by atoms with E-state index >= 15 is 0 Å². The molecule has 80 heavy (non-hydrogen) atoms. The Balaban J connectivity index is 1.16. The highest BCUT2D eigenvalue weighted by Crippen LogP contribution is 2.59. The highest BCUT2D eigenvalue weighted by molar-refractivity contribution is 7.27. The molecule has 3 aliphatic rings. The molecule has 11 aromatic rings. The minimum atomic E-state index is -0.287. The van der Waals surface area contributed by atoms with Gasteiger partial charge in [-0.25, -0.2) is 0 Å². The van der Waals surface area contributed by atoms with Gasteiger partial charge in [0.2, 0.25) is 0 Å². The van der Waals surface area contributed by atoms with Crippen molar-refractivity contribution in [2.45, 2.75) is 124 Å². The number of rotatable bonds is 5. The number of hydrogen-bond acceptors (Lipinski definition) is 3. The summed E-state index contributed by atoms with van der Waals surface area (Å²) in [4.78, 5) is 5.25. The summed E-state index contributed by atoms with van der Waals surface area (Å²) in [6, 6.07) is 70.8. The first-order valence-electron chi connectivity index (χ1n) is 29.0. The van der Waals surface area contributed by atoms with Gasteiger partial charge in [0.1, 0.15) is 0 Å². The fourth-order valence-corrected chi connectivity index (χ4v) is 15.1. The molecule has 0 radical (unpaired) electrons. The fourth-order valence-electron chi connectivity index (χ4n) is 13.9. The van der Waals surface area contributed by atoms with Crippen LogP contribution in [-0.4, -0.2) is 11.3 Å². The molecular weight excluding hydrogens is 986 g/mol. The smallest absolute Gasteiger partial charge is 0.333 e. The molecule has 0 saturated heterocycles. The van der Waals surface area contributed by atoms with Crippen molar-refractivity contribution < 1.29 is 0 Å². The van der Waals surface area contributed by atoms with E-state index in [0.717, 1.165) is 11.4 Å². The molecule has 0 amide bonds. The van der Waals surface area contributed by atoms with Crippen LogP contribution in [0.2, 0.25) is 0 Å². The Morgan fingerprint density at radius 1 is 0.463 bits per heavy atom. The zero-order chi connectivity index (χ0) is 55.7. The molecule has 396 valence electrons. The van der Waals surface area contributed by atoms with E-state index in [2.05, 4.69) is 293 Å². The van der Waals surface area contributed by atoms with Crippen LogP contribution in [0.5, 0.6) is 0 Å². The molecule has 14 rings (SSSR count). The Morgan fingerprint density at radius 2 is 1.04 bits per heavy atom. The molecular formula is C75H72BN3S. The van der Waals surface area contributed by atoms with Gasteiger partial charge in [0.25, 0.3) is 0 Å². The first kappa shape index (κ1) is 50.6. The van der Waals surface area contributed by atoms with E-state index in [4.69, 9.17) is 0 Å². The van der Waals surface area contributed by atoms with Gasteiger partial charge in [0.15, 0.2) is 0 Å². The van der Waals surface area contributed by atoms with Crippen molar-refractivity contribution in [2.75, 3.05) is 9.80 Å².